The van der Waals surface area contributed by atoms with Crippen molar-refractivity contribution in [2.75, 3.05) is 13.2 Å². The fourth-order valence-corrected chi connectivity index (χ4v) is 5.52. The van der Waals surface area contributed by atoms with Gasteiger partial charge in [0.1, 0.15) is 5.75 Å². The van der Waals surface area contributed by atoms with E-state index in [0.717, 1.165) is 25.2 Å². The monoisotopic (exact) mass is 528 g/mol. The van der Waals surface area contributed by atoms with Crippen LogP contribution >= 0.6 is 0 Å². The first kappa shape index (κ1) is 32.9. The smallest absolute Gasteiger partial charge is 0.199 e. The minimum atomic E-state index is -0.0500. The summed E-state index contributed by atoms with van der Waals surface area (Å²) in [5.74, 6) is 1.25. The maximum atomic E-state index is 9.12. The largest absolute Gasteiger partial charge is 0.465 e. The van der Waals surface area contributed by atoms with Crippen LogP contribution in [0.3, 0.4) is 0 Å². The number of rotatable bonds is 23. The lowest BCUT2D eigenvalue weighted by molar-refractivity contribution is -0.105. The van der Waals surface area contributed by atoms with E-state index in [-0.39, 0.29) is 12.9 Å². The quantitative estimate of drug-likeness (QED) is 0.113. The van der Waals surface area contributed by atoms with Crippen LogP contribution in [0.25, 0.3) is 0 Å². The van der Waals surface area contributed by atoms with Gasteiger partial charge in [-0.15, -0.1) is 0 Å². The van der Waals surface area contributed by atoms with Gasteiger partial charge in [0.05, 0.1) is 6.61 Å². The Bertz CT molecular complexity index is 690. The highest BCUT2D eigenvalue weighted by Crippen LogP contribution is 2.21. The van der Waals surface area contributed by atoms with E-state index in [2.05, 4.69) is 44.2 Å². The molecule has 1 aromatic carbocycles. The summed E-state index contributed by atoms with van der Waals surface area (Å²) in [5, 5.41) is 9.12. The molecular formula is C35H60O3. The van der Waals surface area contributed by atoms with Crippen molar-refractivity contribution in [1.82, 2.24) is 0 Å². The van der Waals surface area contributed by atoms with Gasteiger partial charge >= 0.3 is 0 Å². The molecule has 2 rings (SSSR count). The van der Waals surface area contributed by atoms with Crippen molar-refractivity contribution in [2.24, 2.45) is 5.92 Å². The van der Waals surface area contributed by atoms with Gasteiger partial charge in [-0.25, -0.2) is 0 Å². The van der Waals surface area contributed by atoms with Gasteiger partial charge in [0.2, 0.25) is 0 Å². The molecule has 1 unspecified atom stereocenters. The molecule has 1 fully saturated rings. The van der Waals surface area contributed by atoms with Gasteiger partial charge in [0, 0.05) is 13.0 Å². The molecule has 1 heterocycles. The lowest BCUT2D eigenvalue weighted by atomic mass is 10.0. The van der Waals surface area contributed by atoms with Crippen LogP contribution in [-0.2, 0) is 11.2 Å². The fourth-order valence-electron chi connectivity index (χ4n) is 5.52. The third-order valence-electron chi connectivity index (χ3n) is 7.97. The first-order valence-electron chi connectivity index (χ1n) is 16.3. The van der Waals surface area contributed by atoms with Crippen molar-refractivity contribution in [3.05, 3.63) is 41.5 Å². The van der Waals surface area contributed by atoms with Gasteiger partial charge in [-0.05, 0) is 69.1 Å². The Hall–Kier alpha value is -1.32. The van der Waals surface area contributed by atoms with Crippen molar-refractivity contribution >= 4 is 0 Å². The molecule has 0 bridgehead atoms. The van der Waals surface area contributed by atoms with Gasteiger partial charge in [-0.3, -0.25) is 0 Å². The first-order valence-corrected chi connectivity index (χ1v) is 16.3. The number of hydrogen-bond donors (Lipinski definition) is 1. The van der Waals surface area contributed by atoms with E-state index in [1.165, 1.54) is 133 Å². The van der Waals surface area contributed by atoms with Crippen molar-refractivity contribution in [2.45, 2.75) is 155 Å². The molecule has 1 saturated heterocycles. The topological polar surface area (TPSA) is 38.7 Å². The second-order valence-corrected chi connectivity index (χ2v) is 11.9. The number of aryl methyl sites for hydroxylation is 1. The average molecular weight is 529 g/mol. The molecule has 1 aliphatic heterocycles. The molecule has 0 saturated carbocycles. The van der Waals surface area contributed by atoms with E-state index in [1.54, 1.807) is 0 Å². The molecule has 0 spiro atoms. The third kappa shape index (κ3) is 17.3. The number of aliphatic hydroxyl groups is 1. The zero-order chi connectivity index (χ0) is 27.1. The highest BCUT2D eigenvalue weighted by molar-refractivity contribution is 5.27. The number of aliphatic hydroxyl groups excluding tert-OH is 1. The van der Waals surface area contributed by atoms with E-state index in [9.17, 15) is 0 Å². The summed E-state index contributed by atoms with van der Waals surface area (Å²) >= 11 is 0. The minimum absolute atomic E-state index is 0.0500. The van der Waals surface area contributed by atoms with Gasteiger partial charge in [-0.1, -0.05) is 121 Å². The van der Waals surface area contributed by atoms with E-state index in [1.807, 2.05) is 0 Å². The highest BCUT2D eigenvalue weighted by atomic mass is 16.7. The maximum absolute atomic E-state index is 9.12. The van der Waals surface area contributed by atoms with E-state index in [0.29, 0.717) is 5.92 Å². The van der Waals surface area contributed by atoms with Crippen molar-refractivity contribution in [1.29, 1.82) is 0 Å². The second kappa shape index (κ2) is 22.5. The average Bonchev–Trinajstić information content (AvgIpc) is 2.93. The molecule has 0 aliphatic carbocycles. The number of allylic oxidation sites excluding steroid dienone is 1. The molecule has 0 amide bonds. The molecule has 3 heteroatoms. The second-order valence-electron chi connectivity index (χ2n) is 11.9. The zero-order valence-electron chi connectivity index (χ0n) is 25.1. The van der Waals surface area contributed by atoms with Crippen LogP contribution in [0.5, 0.6) is 5.75 Å². The number of hydrogen-bond acceptors (Lipinski definition) is 3. The van der Waals surface area contributed by atoms with Crippen LogP contribution in [0.15, 0.2) is 35.9 Å². The lowest BCUT2D eigenvalue weighted by Gasteiger charge is -2.23. The highest BCUT2D eigenvalue weighted by Gasteiger charge is 2.14. The molecule has 1 aromatic rings. The Kier molecular flexibility index (Phi) is 19.5. The van der Waals surface area contributed by atoms with Crippen molar-refractivity contribution in [3.8, 4) is 5.75 Å². The number of benzene rings is 1. The Labute approximate surface area is 235 Å². The third-order valence-corrected chi connectivity index (χ3v) is 7.97. The first-order chi connectivity index (χ1) is 18.7. The van der Waals surface area contributed by atoms with Gasteiger partial charge in [-0.2, -0.15) is 0 Å². The van der Waals surface area contributed by atoms with Crippen LogP contribution in [0.4, 0.5) is 0 Å². The summed E-state index contributed by atoms with van der Waals surface area (Å²) in [6, 6.07) is 8.66. The van der Waals surface area contributed by atoms with Gasteiger partial charge in [0.25, 0.3) is 0 Å². The standard InChI is InChI=1S/C35H60O3/c1-31(29-32(2)30-36)21-17-15-13-11-9-7-5-3-4-6-8-10-12-14-16-18-22-33-24-26-34(27-25-33)38-35-23-19-20-28-37-35/h24-27,29,32,35-36H,3-23,28,30H2,1-2H3/b31-29+/t32-,35?/m1/s1. The molecule has 2 atom stereocenters. The predicted octanol–water partition coefficient (Wildman–Crippen LogP) is 10.3. The van der Waals surface area contributed by atoms with E-state index in [4.69, 9.17) is 14.6 Å². The number of unbranched alkanes of at least 4 members (excludes halogenated alkanes) is 15. The fraction of sp³-hybridized carbons (Fsp3) is 0.771. The van der Waals surface area contributed by atoms with Crippen LogP contribution in [0.2, 0.25) is 0 Å². The Morgan fingerprint density at radius 3 is 1.84 bits per heavy atom. The zero-order valence-corrected chi connectivity index (χ0v) is 25.1. The summed E-state index contributed by atoms with van der Waals surface area (Å²) in [6.07, 6.45) is 30.3. The molecular weight excluding hydrogens is 468 g/mol. The molecule has 0 aromatic heterocycles. The van der Waals surface area contributed by atoms with Crippen LogP contribution in [0.1, 0.15) is 148 Å². The number of ether oxygens (including phenoxy) is 2. The molecule has 1 N–H and O–H groups in total. The van der Waals surface area contributed by atoms with Crippen molar-refractivity contribution in [3.63, 3.8) is 0 Å². The van der Waals surface area contributed by atoms with E-state index < -0.39 is 0 Å². The van der Waals surface area contributed by atoms with Gasteiger partial charge in [0.15, 0.2) is 6.29 Å². The summed E-state index contributed by atoms with van der Waals surface area (Å²) in [4.78, 5) is 0. The maximum Gasteiger partial charge on any atom is 0.199 e. The lowest BCUT2D eigenvalue weighted by Crippen LogP contribution is -2.24. The molecule has 0 radical (unpaired) electrons. The SMILES string of the molecule is C/C(=C\[C@@H](C)CO)CCCCCCCCCCCCCCCCCCc1ccc(OC2CCCCO2)cc1. The van der Waals surface area contributed by atoms with Crippen LogP contribution < -0.4 is 4.74 Å². The molecule has 1 aliphatic rings. The summed E-state index contributed by atoms with van der Waals surface area (Å²) in [6.45, 7) is 5.39. The Balaban J connectivity index is 1.29. The summed E-state index contributed by atoms with van der Waals surface area (Å²) in [7, 11) is 0. The van der Waals surface area contributed by atoms with E-state index >= 15 is 0 Å². The Morgan fingerprint density at radius 1 is 0.816 bits per heavy atom. The predicted molar refractivity (Wildman–Crippen MR) is 163 cm³/mol. The van der Waals surface area contributed by atoms with Gasteiger partial charge < -0.3 is 14.6 Å². The molecule has 3 nitrogen and oxygen atoms in total. The molecule has 218 valence electrons. The summed E-state index contributed by atoms with van der Waals surface area (Å²) < 4.78 is 11.6. The summed E-state index contributed by atoms with van der Waals surface area (Å²) in [5.41, 5.74) is 2.87. The normalized spacial score (nSPS) is 17.0. The molecule has 38 heavy (non-hydrogen) atoms. The minimum Gasteiger partial charge on any atom is -0.465 e. The van der Waals surface area contributed by atoms with Crippen LogP contribution in [0, 0.1) is 5.92 Å². The van der Waals surface area contributed by atoms with Crippen molar-refractivity contribution < 1.29 is 14.6 Å². The Morgan fingerprint density at radius 2 is 1.34 bits per heavy atom. The van der Waals surface area contributed by atoms with Crippen LogP contribution in [-0.4, -0.2) is 24.6 Å².